The summed E-state index contributed by atoms with van der Waals surface area (Å²) in [4.78, 5) is 4.35. The van der Waals surface area contributed by atoms with Gasteiger partial charge >= 0.3 is 0 Å². The molecule has 0 saturated carbocycles. The molecule has 1 heterocycles. The number of imidazole rings is 1. The molecule has 0 spiro atoms. The van der Waals surface area contributed by atoms with Gasteiger partial charge in [-0.3, -0.25) is 0 Å². The van der Waals surface area contributed by atoms with Crippen LogP contribution in [-0.2, 0) is 6.54 Å². The largest absolute Gasteiger partial charge is 0.326 e. The summed E-state index contributed by atoms with van der Waals surface area (Å²) in [6, 6.07) is 16.1. The molecule has 0 aliphatic heterocycles. The van der Waals surface area contributed by atoms with Gasteiger partial charge < -0.3 is 4.57 Å². The molecule has 17 heavy (non-hydrogen) atoms. The molecule has 0 amide bonds. The minimum atomic E-state index is 0.725. The van der Waals surface area contributed by atoms with Gasteiger partial charge in [0, 0.05) is 11.6 Å². The fourth-order valence-corrected chi connectivity index (χ4v) is 2.11. The fourth-order valence-electron chi connectivity index (χ4n) is 1.94. The highest BCUT2D eigenvalue weighted by Crippen LogP contribution is 2.18. The Balaban J connectivity index is 2.01. The van der Waals surface area contributed by atoms with E-state index >= 15 is 0 Å². The Hall–Kier alpha value is -1.80. The zero-order valence-corrected chi connectivity index (χ0v) is 9.93. The van der Waals surface area contributed by atoms with Gasteiger partial charge in [0.25, 0.3) is 0 Å². The Morgan fingerprint density at radius 3 is 2.71 bits per heavy atom. The maximum atomic E-state index is 5.94. The van der Waals surface area contributed by atoms with Crippen molar-refractivity contribution in [2.24, 2.45) is 0 Å². The number of benzene rings is 2. The van der Waals surface area contributed by atoms with Crippen molar-refractivity contribution in [1.29, 1.82) is 0 Å². The zero-order chi connectivity index (χ0) is 11.7. The normalized spacial score (nSPS) is 10.9. The van der Waals surface area contributed by atoms with Crippen LogP contribution in [0, 0.1) is 0 Å². The fraction of sp³-hybridized carbons (Fsp3) is 0.0714. The van der Waals surface area contributed by atoms with Crippen LogP contribution in [-0.4, -0.2) is 9.55 Å². The van der Waals surface area contributed by atoms with Gasteiger partial charge in [-0.2, -0.15) is 0 Å². The van der Waals surface area contributed by atoms with E-state index in [9.17, 15) is 0 Å². The average molecular weight is 243 g/mol. The second-order valence-electron chi connectivity index (χ2n) is 3.99. The number of rotatable bonds is 2. The van der Waals surface area contributed by atoms with E-state index in [0.717, 1.165) is 22.6 Å². The van der Waals surface area contributed by atoms with Crippen LogP contribution in [0.15, 0.2) is 54.9 Å². The maximum Gasteiger partial charge on any atom is 0.0961 e. The molecule has 0 aliphatic rings. The third-order valence-electron chi connectivity index (χ3n) is 2.78. The Bertz CT molecular complexity index is 644. The molecule has 0 aliphatic carbocycles. The minimum absolute atomic E-state index is 0.725. The molecule has 0 fully saturated rings. The van der Waals surface area contributed by atoms with Gasteiger partial charge in [0.1, 0.15) is 0 Å². The molecule has 0 atom stereocenters. The van der Waals surface area contributed by atoms with Crippen LogP contribution in [0.1, 0.15) is 5.56 Å². The number of nitrogens with zero attached hydrogens (tertiary/aromatic N) is 2. The van der Waals surface area contributed by atoms with Crippen LogP contribution in [0.3, 0.4) is 0 Å². The standard InChI is InChI=1S/C14H11ClN2/c15-12-6-7-14-13(8-12)16-10-17(14)9-11-4-2-1-3-5-11/h1-8,10H,9H2. The van der Waals surface area contributed by atoms with Crippen LogP contribution in [0.5, 0.6) is 0 Å². The predicted octanol–water partition coefficient (Wildman–Crippen LogP) is 3.74. The molecule has 2 nitrogen and oxygen atoms in total. The Labute approximate surface area is 104 Å². The first-order valence-electron chi connectivity index (χ1n) is 5.47. The molecule has 3 rings (SSSR count). The predicted molar refractivity (Wildman–Crippen MR) is 70.3 cm³/mol. The third-order valence-corrected chi connectivity index (χ3v) is 3.01. The number of halogens is 1. The van der Waals surface area contributed by atoms with E-state index in [0.29, 0.717) is 0 Å². The van der Waals surface area contributed by atoms with Crippen molar-refractivity contribution < 1.29 is 0 Å². The number of fused-ring (bicyclic) bond motifs is 1. The highest BCUT2D eigenvalue weighted by Gasteiger charge is 2.03. The summed E-state index contributed by atoms with van der Waals surface area (Å²) < 4.78 is 2.13. The summed E-state index contributed by atoms with van der Waals surface area (Å²) >= 11 is 5.94. The molecule has 0 N–H and O–H groups in total. The highest BCUT2D eigenvalue weighted by atomic mass is 35.5. The smallest absolute Gasteiger partial charge is 0.0961 e. The van der Waals surface area contributed by atoms with Crippen LogP contribution in [0.25, 0.3) is 11.0 Å². The SMILES string of the molecule is Clc1ccc2c(c1)ncn2Cc1ccccc1. The van der Waals surface area contributed by atoms with Crippen LogP contribution in [0.2, 0.25) is 5.02 Å². The molecular formula is C14H11ClN2. The molecular weight excluding hydrogens is 232 g/mol. The molecule has 0 unspecified atom stereocenters. The van der Waals surface area contributed by atoms with Crippen molar-refractivity contribution in [3.05, 3.63) is 65.4 Å². The van der Waals surface area contributed by atoms with Crippen LogP contribution in [0.4, 0.5) is 0 Å². The van der Waals surface area contributed by atoms with E-state index in [1.165, 1.54) is 5.56 Å². The number of hydrogen-bond donors (Lipinski definition) is 0. The minimum Gasteiger partial charge on any atom is -0.326 e. The first-order valence-corrected chi connectivity index (χ1v) is 5.85. The van der Waals surface area contributed by atoms with Crippen LogP contribution < -0.4 is 0 Å². The quantitative estimate of drug-likeness (QED) is 0.669. The van der Waals surface area contributed by atoms with Crippen LogP contribution >= 0.6 is 11.6 Å². The van der Waals surface area contributed by atoms with Crippen molar-refractivity contribution in [3.8, 4) is 0 Å². The van der Waals surface area contributed by atoms with E-state index in [-0.39, 0.29) is 0 Å². The molecule has 2 aromatic carbocycles. The summed E-state index contributed by atoms with van der Waals surface area (Å²) in [5, 5.41) is 0.725. The Kier molecular flexibility index (Phi) is 2.57. The van der Waals surface area contributed by atoms with Crippen molar-refractivity contribution in [2.45, 2.75) is 6.54 Å². The Morgan fingerprint density at radius 1 is 1.06 bits per heavy atom. The number of aromatic nitrogens is 2. The monoisotopic (exact) mass is 242 g/mol. The van der Waals surface area contributed by atoms with Gasteiger partial charge in [-0.25, -0.2) is 4.98 Å². The third kappa shape index (κ3) is 2.04. The molecule has 3 heteroatoms. The molecule has 3 aromatic rings. The Morgan fingerprint density at radius 2 is 1.88 bits per heavy atom. The van der Waals surface area contributed by atoms with Crippen molar-refractivity contribution in [2.75, 3.05) is 0 Å². The summed E-state index contributed by atoms with van der Waals surface area (Å²) in [7, 11) is 0. The molecule has 0 saturated heterocycles. The van der Waals surface area contributed by atoms with E-state index in [2.05, 4.69) is 21.7 Å². The van der Waals surface area contributed by atoms with Gasteiger partial charge in [-0.15, -0.1) is 0 Å². The first-order chi connectivity index (χ1) is 8.33. The number of hydrogen-bond acceptors (Lipinski definition) is 1. The second kappa shape index (κ2) is 4.22. The lowest BCUT2D eigenvalue weighted by molar-refractivity contribution is 0.824. The van der Waals surface area contributed by atoms with Crippen molar-refractivity contribution in [1.82, 2.24) is 9.55 Å². The summed E-state index contributed by atoms with van der Waals surface area (Å²) in [5.41, 5.74) is 3.31. The van der Waals surface area contributed by atoms with E-state index in [1.54, 1.807) is 0 Å². The van der Waals surface area contributed by atoms with Crippen molar-refractivity contribution in [3.63, 3.8) is 0 Å². The lowest BCUT2D eigenvalue weighted by Gasteiger charge is -2.04. The van der Waals surface area contributed by atoms with Gasteiger partial charge in [0.15, 0.2) is 0 Å². The van der Waals surface area contributed by atoms with Gasteiger partial charge in [0.2, 0.25) is 0 Å². The van der Waals surface area contributed by atoms with Gasteiger partial charge in [0.05, 0.1) is 17.4 Å². The van der Waals surface area contributed by atoms with Gasteiger partial charge in [-0.05, 0) is 23.8 Å². The molecule has 0 bridgehead atoms. The topological polar surface area (TPSA) is 17.8 Å². The zero-order valence-electron chi connectivity index (χ0n) is 9.18. The molecule has 1 aromatic heterocycles. The summed E-state index contributed by atoms with van der Waals surface area (Å²) in [6.07, 6.45) is 1.86. The van der Waals surface area contributed by atoms with Crippen molar-refractivity contribution >= 4 is 22.6 Å². The van der Waals surface area contributed by atoms with E-state index in [1.807, 2.05) is 42.7 Å². The van der Waals surface area contributed by atoms with E-state index < -0.39 is 0 Å². The van der Waals surface area contributed by atoms with Gasteiger partial charge in [-0.1, -0.05) is 41.9 Å². The maximum absolute atomic E-state index is 5.94. The first kappa shape index (κ1) is 10.4. The second-order valence-corrected chi connectivity index (χ2v) is 4.43. The average Bonchev–Trinajstić information content (AvgIpc) is 2.73. The summed E-state index contributed by atoms with van der Waals surface area (Å²) in [6.45, 7) is 0.832. The lowest BCUT2D eigenvalue weighted by atomic mass is 10.2. The lowest BCUT2D eigenvalue weighted by Crippen LogP contribution is -1.97. The van der Waals surface area contributed by atoms with E-state index in [4.69, 9.17) is 11.6 Å². The summed E-state index contributed by atoms with van der Waals surface area (Å²) in [5.74, 6) is 0. The molecule has 0 radical (unpaired) electrons. The highest BCUT2D eigenvalue weighted by molar-refractivity contribution is 6.31. The molecule has 84 valence electrons.